The number of rotatable bonds is 4. The van der Waals surface area contributed by atoms with Crippen molar-refractivity contribution in [3.8, 4) is 0 Å². The van der Waals surface area contributed by atoms with E-state index >= 15 is 0 Å². The molecule has 0 saturated heterocycles. The lowest BCUT2D eigenvalue weighted by Crippen LogP contribution is -2.45. The molecule has 1 aromatic rings. The van der Waals surface area contributed by atoms with Crippen molar-refractivity contribution in [1.82, 2.24) is 0 Å². The Morgan fingerprint density at radius 1 is 1.04 bits per heavy atom. The maximum absolute atomic E-state index is 11.2. The van der Waals surface area contributed by atoms with Crippen LogP contribution in [0, 0.1) is 17.8 Å². The molecule has 2 unspecified atom stereocenters. The van der Waals surface area contributed by atoms with Crippen molar-refractivity contribution in [2.45, 2.75) is 52.5 Å². The molecule has 4 heteroatoms. The Morgan fingerprint density at radius 2 is 1.74 bits per heavy atom. The molecule has 0 amide bonds. The van der Waals surface area contributed by atoms with Crippen LogP contribution in [-0.4, -0.2) is 18.7 Å². The molecular formula is C19H24N2O2. The van der Waals surface area contributed by atoms with Crippen LogP contribution < -0.4 is 0 Å². The topological polar surface area (TPSA) is 58.9 Å². The Labute approximate surface area is 137 Å². The van der Waals surface area contributed by atoms with E-state index in [9.17, 15) is 9.59 Å². The molecule has 1 fully saturated rings. The van der Waals surface area contributed by atoms with Gasteiger partial charge in [0.15, 0.2) is 0 Å². The minimum atomic E-state index is -0.609. The Kier molecular flexibility index (Phi) is 4.70. The molecule has 1 aliphatic carbocycles. The van der Waals surface area contributed by atoms with E-state index in [0.29, 0.717) is 13.0 Å². The van der Waals surface area contributed by atoms with Crippen LogP contribution in [0.3, 0.4) is 0 Å². The highest BCUT2D eigenvalue weighted by Gasteiger charge is 2.50. The molecule has 0 spiro atoms. The van der Waals surface area contributed by atoms with E-state index in [2.05, 4.69) is 30.8 Å². The molecule has 23 heavy (non-hydrogen) atoms. The highest BCUT2D eigenvalue weighted by molar-refractivity contribution is 5.42. The molecule has 1 aromatic carbocycles. The van der Waals surface area contributed by atoms with Crippen LogP contribution in [0.5, 0.6) is 0 Å². The van der Waals surface area contributed by atoms with E-state index < -0.39 is 5.54 Å². The number of aryl methyl sites for hydroxylation is 1. The van der Waals surface area contributed by atoms with Crippen molar-refractivity contribution < 1.29 is 9.59 Å². The van der Waals surface area contributed by atoms with Crippen LogP contribution >= 0.6 is 0 Å². The normalized spacial score (nSPS) is 29.2. The zero-order valence-corrected chi connectivity index (χ0v) is 14.3. The fourth-order valence-corrected chi connectivity index (χ4v) is 4.69. The van der Waals surface area contributed by atoms with Gasteiger partial charge in [0.25, 0.3) is 0 Å². The van der Waals surface area contributed by atoms with Gasteiger partial charge in [-0.3, -0.25) is 0 Å². The van der Waals surface area contributed by atoms with E-state index in [0.717, 1.165) is 24.0 Å². The van der Waals surface area contributed by atoms with Crippen LogP contribution in [0.1, 0.15) is 51.2 Å². The number of hydrogen-bond acceptors (Lipinski definition) is 4. The zero-order chi connectivity index (χ0) is 17.1. The minimum Gasteiger partial charge on any atom is -0.211 e. The zero-order valence-electron chi connectivity index (χ0n) is 14.3. The smallest absolute Gasteiger partial charge is 0.211 e. The molecular weight excluding hydrogens is 288 g/mol. The molecule has 122 valence electrons. The summed E-state index contributed by atoms with van der Waals surface area (Å²) >= 11 is 0. The van der Waals surface area contributed by atoms with Gasteiger partial charge in [0, 0.05) is 0 Å². The number of nitrogens with zero attached hydrogens (tertiary/aromatic N) is 2. The number of hydrogen-bond donors (Lipinski definition) is 0. The Balaban J connectivity index is 2.59. The second kappa shape index (κ2) is 6.23. The van der Waals surface area contributed by atoms with Crippen LogP contribution in [0.15, 0.2) is 34.3 Å². The van der Waals surface area contributed by atoms with Gasteiger partial charge in [0.1, 0.15) is 0 Å². The lowest BCUT2D eigenvalue weighted by Gasteiger charge is -2.50. The lowest BCUT2D eigenvalue weighted by atomic mass is 9.56. The standard InChI is InChI=1S/C19H24N2O2/c1-15-7-5-6-8-16(15)19(21-14-23)10-17(2,3)9-18(4,11-19)12-20-13-22/h5-8H,9-12H2,1-4H3. The van der Waals surface area contributed by atoms with Gasteiger partial charge in [-0.1, -0.05) is 45.0 Å². The van der Waals surface area contributed by atoms with E-state index in [1.807, 2.05) is 31.2 Å². The quantitative estimate of drug-likeness (QED) is 0.621. The number of benzene rings is 1. The van der Waals surface area contributed by atoms with E-state index in [4.69, 9.17) is 0 Å². The van der Waals surface area contributed by atoms with Crippen molar-refractivity contribution in [3.63, 3.8) is 0 Å². The summed E-state index contributed by atoms with van der Waals surface area (Å²) in [6.45, 7) is 8.93. The Bertz CT molecular complexity index is 684. The van der Waals surface area contributed by atoms with Crippen molar-refractivity contribution in [2.24, 2.45) is 20.8 Å². The van der Waals surface area contributed by atoms with Gasteiger partial charge < -0.3 is 0 Å². The SMILES string of the molecule is Cc1ccccc1C1(N=C=O)CC(C)(C)CC(C)(CN=C=O)C1. The van der Waals surface area contributed by atoms with Gasteiger partial charge in [-0.25, -0.2) is 14.6 Å². The minimum absolute atomic E-state index is 0.0198. The molecule has 0 aliphatic heterocycles. The van der Waals surface area contributed by atoms with Crippen LogP contribution in [0.25, 0.3) is 0 Å². The third kappa shape index (κ3) is 3.67. The number of isocyanates is 2. The van der Waals surface area contributed by atoms with E-state index in [1.165, 1.54) is 0 Å². The van der Waals surface area contributed by atoms with Gasteiger partial charge in [-0.05, 0) is 48.1 Å². The maximum atomic E-state index is 11.2. The van der Waals surface area contributed by atoms with Gasteiger partial charge >= 0.3 is 0 Å². The summed E-state index contributed by atoms with van der Waals surface area (Å²) in [6, 6.07) is 8.05. The van der Waals surface area contributed by atoms with Crippen LogP contribution in [-0.2, 0) is 15.1 Å². The number of aliphatic imine (C=N–C) groups is 2. The van der Waals surface area contributed by atoms with Crippen molar-refractivity contribution in [3.05, 3.63) is 35.4 Å². The predicted octanol–water partition coefficient (Wildman–Crippen LogP) is 4.08. The molecule has 0 heterocycles. The summed E-state index contributed by atoms with van der Waals surface area (Å²) < 4.78 is 0. The van der Waals surface area contributed by atoms with Gasteiger partial charge in [-0.2, -0.15) is 4.99 Å². The summed E-state index contributed by atoms with van der Waals surface area (Å²) in [7, 11) is 0. The summed E-state index contributed by atoms with van der Waals surface area (Å²) in [6.07, 6.45) is 5.83. The fourth-order valence-electron chi connectivity index (χ4n) is 4.69. The Hall–Kier alpha value is -2.02. The average molecular weight is 312 g/mol. The lowest BCUT2D eigenvalue weighted by molar-refractivity contribution is 0.0416. The van der Waals surface area contributed by atoms with E-state index in [1.54, 1.807) is 12.2 Å². The van der Waals surface area contributed by atoms with Crippen molar-refractivity contribution in [1.29, 1.82) is 0 Å². The molecule has 1 aliphatic rings. The maximum Gasteiger partial charge on any atom is 0.235 e. The molecule has 0 aromatic heterocycles. The van der Waals surface area contributed by atoms with Gasteiger partial charge in [0.2, 0.25) is 12.2 Å². The molecule has 1 saturated carbocycles. The first-order valence-electron chi connectivity index (χ1n) is 7.95. The van der Waals surface area contributed by atoms with Crippen molar-refractivity contribution in [2.75, 3.05) is 6.54 Å². The molecule has 4 nitrogen and oxygen atoms in total. The third-order valence-corrected chi connectivity index (χ3v) is 4.83. The first-order chi connectivity index (χ1) is 10.8. The first-order valence-corrected chi connectivity index (χ1v) is 7.95. The second-order valence-electron chi connectivity index (χ2n) is 7.96. The molecule has 2 rings (SSSR count). The summed E-state index contributed by atoms with van der Waals surface area (Å²) in [5, 5.41) is 0. The number of carbonyl (C=O) groups excluding carboxylic acids is 2. The molecule has 0 radical (unpaired) electrons. The third-order valence-electron chi connectivity index (χ3n) is 4.83. The highest BCUT2D eigenvalue weighted by atomic mass is 16.1. The Morgan fingerprint density at radius 3 is 2.35 bits per heavy atom. The summed E-state index contributed by atoms with van der Waals surface area (Å²) in [5.41, 5.74) is 1.35. The fraction of sp³-hybridized carbons (Fsp3) is 0.579. The molecule has 0 bridgehead atoms. The average Bonchev–Trinajstić information content (AvgIpc) is 2.43. The largest absolute Gasteiger partial charge is 0.235 e. The second-order valence-corrected chi connectivity index (χ2v) is 7.96. The monoisotopic (exact) mass is 312 g/mol. The highest BCUT2D eigenvalue weighted by Crippen LogP contribution is 2.56. The molecule has 2 atom stereocenters. The summed E-state index contributed by atoms with van der Waals surface area (Å²) in [4.78, 5) is 29.9. The van der Waals surface area contributed by atoms with Crippen LogP contribution in [0.2, 0.25) is 0 Å². The first kappa shape index (κ1) is 17.3. The van der Waals surface area contributed by atoms with E-state index in [-0.39, 0.29) is 10.8 Å². The van der Waals surface area contributed by atoms with Crippen molar-refractivity contribution >= 4 is 12.2 Å². The van der Waals surface area contributed by atoms with Gasteiger partial charge in [0.05, 0.1) is 12.1 Å². The summed E-state index contributed by atoms with van der Waals surface area (Å²) in [5.74, 6) is 0. The van der Waals surface area contributed by atoms with Gasteiger partial charge in [-0.15, -0.1) is 0 Å². The molecule has 0 N–H and O–H groups in total. The van der Waals surface area contributed by atoms with Crippen LogP contribution in [0.4, 0.5) is 0 Å². The predicted molar refractivity (Wildman–Crippen MR) is 89.7 cm³/mol.